The van der Waals surface area contributed by atoms with E-state index in [-0.39, 0.29) is 18.6 Å². The molecule has 8 bridgehead atoms. The van der Waals surface area contributed by atoms with Gasteiger partial charge in [0, 0.05) is 47.2 Å². The Morgan fingerprint density at radius 2 is 1.27 bits per heavy atom. The summed E-state index contributed by atoms with van der Waals surface area (Å²) < 4.78 is 2.48. The van der Waals surface area contributed by atoms with Crippen LogP contribution in [0.2, 0.25) is 0 Å². The van der Waals surface area contributed by atoms with Gasteiger partial charge in [-0.2, -0.15) is 0 Å². The molecule has 2 aliphatic rings. The van der Waals surface area contributed by atoms with Crippen LogP contribution < -0.4 is 0 Å². The van der Waals surface area contributed by atoms with E-state index in [1.807, 2.05) is 0 Å². The van der Waals surface area contributed by atoms with E-state index in [1.165, 1.54) is 27.7 Å². The van der Waals surface area contributed by atoms with Crippen molar-refractivity contribution in [1.29, 1.82) is 0 Å². The van der Waals surface area contributed by atoms with Crippen molar-refractivity contribution < 1.29 is 18.6 Å². The molecule has 0 spiro atoms. The third-order valence-electron chi connectivity index (χ3n) is 6.46. The molecule has 2 aliphatic heterocycles. The summed E-state index contributed by atoms with van der Waals surface area (Å²) in [5, 5.41) is 0. The first-order valence-corrected chi connectivity index (χ1v) is 11.8. The standard InChI is InChI=1S/C28H30N4.V/c1-5-23-24(6-2)28-25(7-3)26-14-13-21(31-26)16-20-10-9-18(29-20)15-19-11-12-22(30-19)17-27(23)32(28)8-4;/h9-17,29H,5-8H2,1-4H3;. The van der Waals surface area contributed by atoms with Crippen molar-refractivity contribution in [1.82, 2.24) is 19.5 Å². The molecule has 5 heteroatoms. The predicted molar refractivity (Wildman–Crippen MR) is 136 cm³/mol. The molecule has 5 heterocycles. The molecule has 3 aromatic rings. The third kappa shape index (κ3) is 4.14. The van der Waals surface area contributed by atoms with Gasteiger partial charge >= 0.3 is 0 Å². The van der Waals surface area contributed by atoms with Gasteiger partial charge in [-0.3, -0.25) is 0 Å². The summed E-state index contributed by atoms with van der Waals surface area (Å²) in [4.78, 5) is 13.4. The number of aromatic nitrogens is 4. The van der Waals surface area contributed by atoms with Crippen LogP contribution in [0, 0.1) is 0 Å². The van der Waals surface area contributed by atoms with Crippen molar-refractivity contribution in [2.24, 2.45) is 0 Å². The number of hydrogen-bond donors (Lipinski definition) is 1. The maximum absolute atomic E-state index is 5.02. The Morgan fingerprint density at radius 3 is 1.88 bits per heavy atom. The van der Waals surface area contributed by atoms with Crippen LogP contribution in [-0.2, 0) is 44.4 Å². The fraction of sp³-hybridized carbons (Fsp3) is 0.286. The van der Waals surface area contributed by atoms with Gasteiger partial charge in [-0.15, -0.1) is 0 Å². The number of nitrogens with zero attached hydrogens (tertiary/aromatic N) is 3. The zero-order valence-corrected chi connectivity index (χ0v) is 21.2. The Morgan fingerprint density at radius 1 is 0.697 bits per heavy atom. The van der Waals surface area contributed by atoms with Crippen molar-refractivity contribution in [3.63, 3.8) is 0 Å². The first-order valence-electron chi connectivity index (χ1n) is 11.8. The van der Waals surface area contributed by atoms with E-state index in [9.17, 15) is 0 Å². The minimum Gasteiger partial charge on any atom is -0.355 e. The Labute approximate surface area is 207 Å². The molecule has 4 nitrogen and oxygen atoms in total. The van der Waals surface area contributed by atoms with Gasteiger partial charge in [0.1, 0.15) is 0 Å². The van der Waals surface area contributed by atoms with Crippen LogP contribution >= 0.6 is 0 Å². The van der Waals surface area contributed by atoms with Gasteiger partial charge < -0.3 is 9.55 Å². The molecule has 0 saturated heterocycles. The van der Waals surface area contributed by atoms with Crippen LogP contribution in [0.3, 0.4) is 0 Å². The van der Waals surface area contributed by atoms with Gasteiger partial charge in [0.25, 0.3) is 0 Å². The largest absolute Gasteiger partial charge is 0.355 e. The maximum atomic E-state index is 5.02. The summed E-state index contributed by atoms with van der Waals surface area (Å²) in [7, 11) is 0. The van der Waals surface area contributed by atoms with E-state index >= 15 is 0 Å². The van der Waals surface area contributed by atoms with Crippen molar-refractivity contribution in [2.45, 2.75) is 53.5 Å². The molecular formula is C28H30N4V. The second-order valence-corrected chi connectivity index (χ2v) is 8.33. The number of aromatic amines is 1. The molecule has 0 aliphatic carbocycles. The van der Waals surface area contributed by atoms with E-state index in [1.54, 1.807) is 0 Å². The molecule has 3 aromatic heterocycles. The van der Waals surface area contributed by atoms with Crippen molar-refractivity contribution >= 4 is 46.4 Å². The van der Waals surface area contributed by atoms with Crippen LogP contribution in [0.4, 0.5) is 0 Å². The fourth-order valence-electron chi connectivity index (χ4n) is 5.07. The molecule has 1 N–H and O–H groups in total. The first kappa shape index (κ1) is 23.3. The molecule has 5 rings (SSSR count). The summed E-state index contributed by atoms with van der Waals surface area (Å²) in [5.74, 6) is 0. The molecule has 0 saturated carbocycles. The fourth-order valence-corrected chi connectivity index (χ4v) is 5.07. The maximum Gasteiger partial charge on any atom is 0.0690 e. The van der Waals surface area contributed by atoms with E-state index < -0.39 is 0 Å². The normalized spacial score (nSPS) is 12.2. The molecular weight excluding hydrogens is 443 g/mol. The van der Waals surface area contributed by atoms with Crippen LogP contribution in [-0.4, -0.2) is 19.5 Å². The smallest absolute Gasteiger partial charge is 0.0690 e. The van der Waals surface area contributed by atoms with Crippen LogP contribution in [0.25, 0.3) is 46.4 Å². The summed E-state index contributed by atoms with van der Waals surface area (Å²) in [6.07, 6.45) is 11.5. The van der Waals surface area contributed by atoms with Crippen LogP contribution in [0.1, 0.15) is 67.2 Å². The zero-order chi connectivity index (χ0) is 22.2. The summed E-state index contributed by atoms with van der Waals surface area (Å²) in [5.41, 5.74) is 12.9. The van der Waals surface area contributed by atoms with Gasteiger partial charge in [-0.05, 0) is 91.9 Å². The topological polar surface area (TPSA) is 46.5 Å². The predicted octanol–water partition coefficient (Wildman–Crippen LogP) is 6.83. The molecule has 167 valence electrons. The van der Waals surface area contributed by atoms with Crippen LogP contribution in [0.15, 0.2) is 30.3 Å². The molecule has 0 aromatic carbocycles. The number of nitrogens with one attached hydrogen (secondary N) is 1. The molecule has 33 heavy (non-hydrogen) atoms. The minimum atomic E-state index is 0. The monoisotopic (exact) mass is 473 g/mol. The Hall–Kier alpha value is -2.82. The zero-order valence-electron chi connectivity index (χ0n) is 19.8. The van der Waals surface area contributed by atoms with Crippen molar-refractivity contribution in [2.75, 3.05) is 0 Å². The average Bonchev–Trinajstić information content (AvgIpc) is 3.57. The second kappa shape index (κ2) is 9.58. The van der Waals surface area contributed by atoms with Gasteiger partial charge in [0.2, 0.25) is 0 Å². The first-order chi connectivity index (χ1) is 15.6. The Balaban J connectivity index is 0.00000259. The van der Waals surface area contributed by atoms with Gasteiger partial charge in [0.15, 0.2) is 0 Å². The molecule has 0 amide bonds. The molecule has 0 fully saturated rings. The Kier molecular flexibility index (Phi) is 6.78. The molecule has 1 radical (unpaired) electrons. The number of hydrogen-bond acceptors (Lipinski definition) is 2. The number of aryl methyl sites for hydroxylation is 4. The van der Waals surface area contributed by atoms with E-state index in [2.05, 4.69) is 91.9 Å². The number of H-pyrrole nitrogens is 1. The number of rotatable bonds is 4. The molecule has 0 atom stereocenters. The average molecular weight is 474 g/mol. The van der Waals surface area contributed by atoms with E-state index in [0.29, 0.717) is 0 Å². The summed E-state index contributed by atoms with van der Waals surface area (Å²) in [6.45, 7) is 9.93. The SMILES string of the molecule is CCc1c(CC)c2c(CC)c3nc(cc4ccc(cc5nc(cc1n2CC)C=C5)[nH]4)C=C3.[V]. The van der Waals surface area contributed by atoms with Gasteiger partial charge in [-0.1, -0.05) is 20.8 Å². The number of fused-ring (bicyclic) bond motifs is 8. The summed E-state index contributed by atoms with van der Waals surface area (Å²) in [6, 6.07) is 10.6. The Bertz CT molecular complexity index is 1420. The third-order valence-corrected chi connectivity index (χ3v) is 6.46. The molecule has 0 unspecified atom stereocenters. The summed E-state index contributed by atoms with van der Waals surface area (Å²) >= 11 is 0. The van der Waals surface area contributed by atoms with Gasteiger partial charge in [-0.25, -0.2) is 9.97 Å². The van der Waals surface area contributed by atoms with Crippen LogP contribution in [0.5, 0.6) is 0 Å². The van der Waals surface area contributed by atoms with E-state index in [0.717, 1.165) is 59.6 Å². The minimum absolute atomic E-state index is 0. The van der Waals surface area contributed by atoms with Gasteiger partial charge in [0.05, 0.1) is 28.3 Å². The van der Waals surface area contributed by atoms with Crippen molar-refractivity contribution in [3.8, 4) is 0 Å². The van der Waals surface area contributed by atoms with E-state index in [4.69, 9.17) is 9.97 Å². The van der Waals surface area contributed by atoms with Crippen molar-refractivity contribution in [3.05, 3.63) is 69.8 Å². The quantitative estimate of drug-likeness (QED) is 0.311. The second-order valence-electron chi connectivity index (χ2n) is 8.33.